The molecule has 4 nitrogen and oxygen atoms in total. The van der Waals surface area contributed by atoms with Crippen LogP contribution in [0.25, 0.3) is 0 Å². The summed E-state index contributed by atoms with van der Waals surface area (Å²) in [5, 5.41) is 9.22. The zero-order chi connectivity index (χ0) is 13.5. The highest BCUT2D eigenvalue weighted by molar-refractivity contribution is 5.76. The van der Waals surface area contributed by atoms with Gasteiger partial charge in [-0.25, -0.2) is 0 Å². The minimum absolute atomic E-state index is 0.0597. The molecule has 2 atom stereocenters. The Morgan fingerprint density at radius 3 is 2.72 bits per heavy atom. The maximum absolute atomic E-state index is 12.1. The average molecular weight is 256 g/mol. The molecular weight excluding hydrogens is 228 g/mol. The van der Waals surface area contributed by atoms with Crippen molar-refractivity contribution >= 4 is 5.91 Å². The number of aliphatic hydroxyl groups excluding tert-OH is 1. The Morgan fingerprint density at radius 2 is 2.17 bits per heavy atom. The lowest BCUT2D eigenvalue weighted by molar-refractivity contribution is -0.133. The summed E-state index contributed by atoms with van der Waals surface area (Å²) in [6.45, 7) is 5.99. The van der Waals surface area contributed by atoms with Crippen LogP contribution in [0, 0.1) is 11.8 Å². The minimum Gasteiger partial charge on any atom is -0.394 e. The van der Waals surface area contributed by atoms with Gasteiger partial charge in [0.05, 0.1) is 12.6 Å². The normalized spacial score (nSPS) is 21.6. The third-order valence-corrected chi connectivity index (χ3v) is 4.12. The van der Waals surface area contributed by atoms with E-state index in [1.165, 1.54) is 0 Å². The second-order valence-corrected chi connectivity index (χ2v) is 5.69. The highest BCUT2D eigenvalue weighted by Gasteiger charge is 2.28. The average Bonchev–Trinajstić information content (AvgIpc) is 2.81. The number of nitrogens with two attached hydrogens (primary N) is 1. The highest BCUT2D eigenvalue weighted by atomic mass is 16.3. The first-order chi connectivity index (χ1) is 8.60. The molecule has 0 aromatic rings. The molecule has 1 saturated heterocycles. The van der Waals surface area contributed by atoms with E-state index in [-0.39, 0.29) is 18.6 Å². The minimum atomic E-state index is 0.0597. The second kappa shape index (κ2) is 7.74. The van der Waals surface area contributed by atoms with E-state index in [0.29, 0.717) is 24.8 Å². The number of likely N-dealkylation sites (tertiary alicyclic amines) is 1. The largest absolute Gasteiger partial charge is 0.394 e. The fourth-order valence-electron chi connectivity index (χ4n) is 2.83. The number of amides is 1. The first-order valence-electron chi connectivity index (χ1n) is 7.20. The van der Waals surface area contributed by atoms with E-state index in [1.54, 1.807) is 0 Å². The molecule has 1 aliphatic heterocycles. The molecule has 1 rings (SSSR count). The number of carbonyl (C=O) groups is 1. The lowest BCUT2D eigenvalue weighted by Crippen LogP contribution is -2.37. The third-order valence-electron chi connectivity index (χ3n) is 4.12. The van der Waals surface area contributed by atoms with E-state index in [9.17, 15) is 9.90 Å². The van der Waals surface area contributed by atoms with Crippen LogP contribution in [0.4, 0.5) is 0 Å². The van der Waals surface area contributed by atoms with Crippen LogP contribution in [0.5, 0.6) is 0 Å². The van der Waals surface area contributed by atoms with E-state index in [4.69, 9.17) is 5.73 Å². The third kappa shape index (κ3) is 4.25. The highest BCUT2D eigenvalue weighted by Crippen LogP contribution is 2.23. The predicted octanol–water partition coefficient (Wildman–Crippen LogP) is 1.37. The molecule has 106 valence electrons. The Morgan fingerprint density at radius 1 is 1.44 bits per heavy atom. The van der Waals surface area contributed by atoms with Crippen LogP contribution in [-0.4, -0.2) is 41.7 Å². The number of aliphatic hydroxyl groups is 1. The van der Waals surface area contributed by atoms with Crippen LogP contribution in [0.2, 0.25) is 0 Å². The first kappa shape index (κ1) is 15.4. The maximum atomic E-state index is 12.1. The summed E-state index contributed by atoms with van der Waals surface area (Å²) < 4.78 is 0. The zero-order valence-corrected chi connectivity index (χ0v) is 11.8. The van der Waals surface area contributed by atoms with Crippen molar-refractivity contribution in [1.82, 2.24) is 4.90 Å². The molecule has 0 radical (unpaired) electrons. The van der Waals surface area contributed by atoms with Gasteiger partial charge in [0.1, 0.15) is 0 Å². The van der Waals surface area contributed by atoms with E-state index in [0.717, 1.165) is 32.2 Å². The first-order valence-corrected chi connectivity index (χ1v) is 7.20. The smallest absolute Gasteiger partial charge is 0.222 e. The quantitative estimate of drug-likeness (QED) is 0.723. The molecule has 1 amide bonds. The molecule has 3 N–H and O–H groups in total. The Kier molecular flexibility index (Phi) is 6.65. The summed E-state index contributed by atoms with van der Waals surface area (Å²) in [5.74, 6) is 1.32. The van der Waals surface area contributed by atoms with Crippen molar-refractivity contribution in [3.63, 3.8) is 0 Å². The number of rotatable bonds is 7. The van der Waals surface area contributed by atoms with Crippen LogP contribution in [0.3, 0.4) is 0 Å². The molecule has 0 bridgehead atoms. The Labute approximate surface area is 111 Å². The molecule has 1 unspecified atom stereocenters. The van der Waals surface area contributed by atoms with Gasteiger partial charge in [-0.1, -0.05) is 13.8 Å². The van der Waals surface area contributed by atoms with Crippen LogP contribution >= 0.6 is 0 Å². The van der Waals surface area contributed by atoms with Crippen LogP contribution in [-0.2, 0) is 4.79 Å². The lowest BCUT2D eigenvalue weighted by atomic mass is 9.88. The molecule has 0 spiro atoms. The van der Waals surface area contributed by atoms with Crippen LogP contribution < -0.4 is 5.73 Å². The predicted molar refractivity (Wildman–Crippen MR) is 73.1 cm³/mol. The number of hydrogen-bond donors (Lipinski definition) is 2. The summed E-state index contributed by atoms with van der Waals surface area (Å²) in [6.07, 6.45) is 4.47. The van der Waals surface area contributed by atoms with Crippen LogP contribution in [0.15, 0.2) is 0 Å². The maximum Gasteiger partial charge on any atom is 0.222 e. The van der Waals surface area contributed by atoms with Gasteiger partial charge in [-0.05, 0) is 44.1 Å². The molecule has 0 aromatic carbocycles. The van der Waals surface area contributed by atoms with Gasteiger partial charge >= 0.3 is 0 Å². The fraction of sp³-hybridized carbons (Fsp3) is 0.929. The molecule has 0 saturated carbocycles. The standard InChI is InChI=1S/C14H28N2O2/c1-11(2)12(7-8-15)5-6-14(18)16-9-3-4-13(16)10-17/h11-13,17H,3-10,15H2,1-2H3/t12?,13-/m1/s1. The molecule has 0 aromatic heterocycles. The van der Waals surface area contributed by atoms with Crippen molar-refractivity contribution in [3.05, 3.63) is 0 Å². The molecule has 4 heteroatoms. The molecule has 1 aliphatic rings. The monoisotopic (exact) mass is 256 g/mol. The van der Waals surface area contributed by atoms with Crippen molar-refractivity contribution in [1.29, 1.82) is 0 Å². The van der Waals surface area contributed by atoms with Crippen molar-refractivity contribution < 1.29 is 9.90 Å². The molecule has 0 aliphatic carbocycles. The summed E-state index contributed by atoms with van der Waals surface area (Å²) in [4.78, 5) is 14.0. The van der Waals surface area contributed by atoms with Gasteiger partial charge in [0.2, 0.25) is 5.91 Å². The Bertz CT molecular complexity index is 256. The van der Waals surface area contributed by atoms with Crippen LogP contribution in [0.1, 0.15) is 46.0 Å². The number of hydrogen-bond acceptors (Lipinski definition) is 3. The van der Waals surface area contributed by atoms with E-state index in [1.807, 2.05) is 4.90 Å². The topological polar surface area (TPSA) is 66.6 Å². The molecule has 1 heterocycles. The van der Waals surface area contributed by atoms with Crippen molar-refractivity contribution in [2.24, 2.45) is 17.6 Å². The Hall–Kier alpha value is -0.610. The summed E-state index contributed by atoms with van der Waals surface area (Å²) in [7, 11) is 0. The summed E-state index contributed by atoms with van der Waals surface area (Å²) in [6, 6.07) is 0.0597. The second-order valence-electron chi connectivity index (χ2n) is 5.69. The summed E-state index contributed by atoms with van der Waals surface area (Å²) in [5.41, 5.74) is 5.61. The Balaban J connectivity index is 2.39. The van der Waals surface area contributed by atoms with Gasteiger partial charge in [0, 0.05) is 13.0 Å². The van der Waals surface area contributed by atoms with Gasteiger partial charge in [-0.2, -0.15) is 0 Å². The van der Waals surface area contributed by atoms with E-state index >= 15 is 0 Å². The van der Waals surface area contributed by atoms with Gasteiger partial charge in [0.15, 0.2) is 0 Å². The zero-order valence-electron chi connectivity index (χ0n) is 11.8. The van der Waals surface area contributed by atoms with Gasteiger partial charge in [0.25, 0.3) is 0 Å². The van der Waals surface area contributed by atoms with Gasteiger partial charge < -0.3 is 15.7 Å². The fourth-order valence-corrected chi connectivity index (χ4v) is 2.83. The van der Waals surface area contributed by atoms with Gasteiger partial charge in [-0.3, -0.25) is 4.79 Å². The van der Waals surface area contributed by atoms with Crippen molar-refractivity contribution in [3.8, 4) is 0 Å². The SMILES string of the molecule is CC(C)C(CCN)CCC(=O)N1CCC[C@@H]1CO. The molecule has 18 heavy (non-hydrogen) atoms. The summed E-state index contributed by atoms with van der Waals surface area (Å²) >= 11 is 0. The van der Waals surface area contributed by atoms with E-state index < -0.39 is 0 Å². The van der Waals surface area contributed by atoms with Crippen molar-refractivity contribution in [2.45, 2.75) is 52.0 Å². The van der Waals surface area contributed by atoms with Crippen molar-refractivity contribution in [2.75, 3.05) is 19.7 Å². The number of carbonyl (C=O) groups excluding carboxylic acids is 1. The van der Waals surface area contributed by atoms with Gasteiger partial charge in [-0.15, -0.1) is 0 Å². The lowest BCUT2D eigenvalue weighted by Gasteiger charge is -2.25. The molecule has 1 fully saturated rings. The van der Waals surface area contributed by atoms with E-state index in [2.05, 4.69) is 13.8 Å². The molecular formula is C14H28N2O2. The number of nitrogens with zero attached hydrogens (tertiary/aromatic N) is 1.